The Hall–Kier alpha value is -1.36. The van der Waals surface area contributed by atoms with E-state index in [9.17, 15) is 0 Å². The topological polar surface area (TPSA) is 50.3 Å². The van der Waals surface area contributed by atoms with Gasteiger partial charge in [-0.25, -0.2) is 9.97 Å². The van der Waals surface area contributed by atoms with E-state index in [0.717, 1.165) is 50.0 Å². The molecule has 1 aromatic heterocycles. The van der Waals surface area contributed by atoms with E-state index >= 15 is 0 Å². The minimum atomic E-state index is 0.330. The fourth-order valence-corrected chi connectivity index (χ4v) is 2.46. The molecule has 1 aliphatic heterocycles. The summed E-state index contributed by atoms with van der Waals surface area (Å²) in [4.78, 5) is 11.3. The van der Waals surface area contributed by atoms with Crippen molar-refractivity contribution in [2.24, 2.45) is 0 Å². The summed E-state index contributed by atoms with van der Waals surface area (Å²) in [7, 11) is 2.08. The van der Waals surface area contributed by atoms with Crippen LogP contribution in [0.4, 0.5) is 11.6 Å². The standard InChI is InChI=1S/C15H26N4O/c1-4-13-17-14(16-5-2)10-15(18-13)19(3)11-12-8-6-7-9-20-12/h10,12H,4-9,11H2,1-3H3,(H,16,17,18). The lowest BCUT2D eigenvalue weighted by Gasteiger charge is -2.28. The number of nitrogens with one attached hydrogen (secondary N) is 1. The molecule has 0 radical (unpaired) electrons. The summed E-state index contributed by atoms with van der Waals surface area (Å²) in [5.41, 5.74) is 0. The van der Waals surface area contributed by atoms with Gasteiger partial charge < -0.3 is 15.0 Å². The summed E-state index contributed by atoms with van der Waals surface area (Å²) in [6.07, 6.45) is 4.79. The Kier molecular flexibility index (Phi) is 5.59. The molecule has 2 rings (SSSR count). The van der Waals surface area contributed by atoms with Crippen LogP contribution in [0.5, 0.6) is 0 Å². The fraction of sp³-hybridized carbons (Fsp3) is 0.733. The summed E-state index contributed by atoms with van der Waals surface area (Å²) in [5.74, 6) is 2.77. The second kappa shape index (κ2) is 7.43. The minimum absolute atomic E-state index is 0.330. The van der Waals surface area contributed by atoms with Crippen molar-refractivity contribution < 1.29 is 4.74 Å². The molecule has 5 heteroatoms. The Bertz CT molecular complexity index is 418. The SMILES string of the molecule is CCNc1cc(N(C)CC2CCCCO2)nc(CC)n1. The highest BCUT2D eigenvalue weighted by atomic mass is 16.5. The van der Waals surface area contributed by atoms with E-state index in [0.29, 0.717) is 6.10 Å². The summed E-state index contributed by atoms with van der Waals surface area (Å²) >= 11 is 0. The number of hydrogen-bond acceptors (Lipinski definition) is 5. The molecule has 1 aromatic rings. The first-order chi connectivity index (χ1) is 9.72. The zero-order valence-electron chi connectivity index (χ0n) is 12.9. The lowest BCUT2D eigenvalue weighted by Crippen LogP contribution is -2.34. The van der Waals surface area contributed by atoms with Crippen molar-refractivity contribution in [3.8, 4) is 0 Å². The second-order valence-corrected chi connectivity index (χ2v) is 5.28. The molecule has 1 N–H and O–H groups in total. The van der Waals surface area contributed by atoms with Crippen LogP contribution in [0.1, 0.15) is 38.9 Å². The molecule has 0 aromatic carbocycles. The third-order valence-electron chi connectivity index (χ3n) is 3.58. The Morgan fingerprint density at radius 2 is 2.20 bits per heavy atom. The molecule has 0 bridgehead atoms. The normalized spacial score (nSPS) is 18.9. The largest absolute Gasteiger partial charge is 0.376 e. The van der Waals surface area contributed by atoms with Crippen molar-refractivity contribution in [2.75, 3.05) is 37.0 Å². The van der Waals surface area contributed by atoms with Gasteiger partial charge in [-0.3, -0.25) is 0 Å². The summed E-state index contributed by atoms with van der Waals surface area (Å²) in [6.45, 7) is 6.82. The minimum Gasteiger partial charge on any atom is -0.376 e. The van der Waals surface area contributed by atoms with Crippen LogP contribution in [0.15, 0.2) is 6.07 Å². The molecule has 1 unspecified atom stereocenters. The quantitative estimate of drug-likeness (QED) is 0.866. The zero-order chi connectivity index (χ0) is 14.4. The predicted octanol–water partition coefficient (Wildman–Crippen LogP) is 2.48. The molecular weight excluding hydrogens is 252 g/mol. The van der Waals surface area contributed by atoms with Crippen molar-refractivity contribution >= 4 is 11.6 Å². The smallest absolute Gasteiger partial charge is 0.134 e. The van der Waals surface area contributed by atoms with E-state index in [1.807, 2.05) is 6.07 Å². The summed E-state index contributed by atoms with van der Waals surface area (Å²) in [6, 6.07) is 2.02. The molecule has 5 nitrogen and oxygen atoms in total. The van der Waals surface area contributed by atoms with Crippen molar-refractivity contribution in [1.29, 1.82) is 0 Å². The van der Waals surface area contributed by atoms with Crippen molar-refractivity contribution in [3.05, 3.63) is 11.9 Å². The van der Waals surface area contributed by atoms with Gasteiger partial charge in [0.2, 0.25) is 0 Å². The average Bonchev–Trinajstić information content (AvgIpc) is 2.48. The molecule has 112 valence electrons. The highest BCUT2D eigenvalue weighted by Gasteiger charge is 2.17. The predicted molar refractivity (Wildman–Crippen MR) is 82.4 cm³/mol. The number of hydrogen-bond donors (Lipinski definition) is 1. The molecule has 1 saturated heterocycles. The highest BCUT2D eigenvalue weighted by Crippen LogP contribution is 2.19. The zero-order valence-corrected chi connectivity index (χ0v) is 12.9. The van der Waals surface area contributed by atoms with Crippen molar-refractivity contribution in [1.82, 2.24) is 9.97 Å². The summed E-state index contributed by atoms with van der Waals surface area (Å²) in [5, 5.41) is 3.27. The van der Waals surface area contributed by atoms with Gasteiger partial charge in [0.25, 0.3) is 0 Å². The third-order valence-corrected chi connectivity index (χ3v) is 3.58. The molecule has 0 amide bonds. The first kappa shape index (κ1) is 15.0. The third kappa shape index (κ3) is 4.07. The monoisotopic (exact) mass is 278 g/mol. The van der Waals surface area contributed by atoms with Crippen LogP contribution in [0.2, 0.25) is 0 Å². The fourth-order valence-electron chi connectivity index (χ4n) is 2.46. The van der Waals surface area contributed by atoms with Gasteiger partial charge in [-0.1, -0.05) is 6.92 Å². The number of aromatic nitrogens is 2. The van der Waals surface area contributed by atoms with Gasteiger partial charge >= 0.3 is 0 Å². The van der Waals surface area contributed by atoms with Gasteiger partial charge in [-0.15, -0.1) is 0 Å². The Morgan fingerprint density at radius 1 is 1.35 bits per heavy atom. The molecule has 1 fully saturated rings. The van der Waals surface area contributed by atoms with Crippen LogP contribution >= 0.6 is 0 Å². The average molecular weight is 278 g/mol. The maximum absolute atomic E-state index is 5.80. The van der Waals surface area contributed by atoms with Crippen molar-refractivity contribution in [3.63, 3.8) is 0 Å². The number of anilines is 2. The Balaban J connectivity index is 2.06. The van der Waals surface area contributed by atoms with E-state index in [2.05, 4.69) is 41.1 Å². The molecule has 0 aliphatic carbocycles. The van der Waals surface area contributed by atoms with Crippen LogP contribution in [0.25, 0.3) is 0 Å². The number of nitrogens with zero attached hydrogens (tertiary/aromatic N) is 3. The Morgan fingerprint density at radius 3 is 2.85 bits per heavy atom. The van der Waals surface area contributed by atoms with E-state index in [1.54, 1.807) is 0 Å². The molecule has 1 aliphatic rings. The van der Waals surface area contributed by atoms with Gasteiger partial charge in [0.15, 0.2) is 0 Å². The van der Waals surface area contributed by atoms with Gasteiger partial charge in [-0.2, -0.15) is 0 Å². The number of likely N-dealkylation sites (N-methyl/N-ethyl adjacent to an activating group) is 1. The number of aryl methyl sites for hydroxylation is 1. The van der Waals surface area contributed by atoms with E-state index in [4.69, 9.17) is 4.74 Å². The van der Waals surface area contributed by atoms with Crippen LogP contribution in [-0.4, -0.2) is 42.8 Å². The number of ether oxygens (including phenoxy) is 1. The molecule has 0 spiro atoms. The van der Waals surface area contributed by atoms with Crippen LogP contribution in [0.3, 0.4) is 0 Å². The van der Waals surface area contributed by atoms with Crippen LogP contribution in [0, 0.1) is 0 Å². The maximum Gasteiger partial charge on any atom is 0.134 e. The van der Waals surface area contributed by atoms with Gasteiger partial charge in [0.05, 0.1) is 6.10 Å². The van der Waals surface area contributed by atoms with Gasteiger partial charge in [0, 0.05) is 39.2 Å². The molecule has 1 atom stereocenters. The first-order valence-corrected chi connectivity index (χ1v) is 7.67. The second-order valence-electron chi connectivity index (χ2n) is 5.28. The van der Waals surface area contributed by atoms with Crippen LogP contribution < -0.4 is 10.2 Å². The lowest BCUT2D eigenvalue weighted by atomic mass is 10.1. The number of rotatable bonds is 6. The van der Waals surface area contributed by atoms with E-state index in [-0.39, 0.29) is 0 Å². The molecule has 2 heterocycles. The van der Waals surface area contributed by atoms with E-state index < -0.39 is 0 Å². The highest BCUT2D eigenvalue weighted by molar-refractivity contribution is 5.49. The first-order valence-electron chi connectivity index (χ1n) is 7.67. The molecule has 20 heavy (non-hydrogen) atoms. The lowest BCUT2D eigenvalue weighted by molar-refractivity contribution is 0.0215. The Labute approximate surface area is 121 Å². The van der Waals surface area contributed by atoms with Crippen LogP contribution in [-0.2, 0) is 11.2 Å². The van der Waals surface area contributed by atoms with Crippen molar-refractivity contribution in [2.45, 2.75) is 45.6 Å². The molecule has 0 saturated carbocycles. The van der Waals surface area contributed by atoms with Gasteiger partial charge in [0.1, 0.15) is 17.5 Å². The van der Waals surface area contributed by atoms with Gasteiger partial charge in [-0.05, 0) is 26.2 Å². The molecular formula is C15H26N4O. The maximum atomic E-state index is 5.80. The summed E-state index contributed by atoms with van der Waals surface area (Å²) < 4.78 is 5.80. The van der Waals surface area contributed by atoms with E-state index in [1.165, 1.54) is 12.8 Å².